The highest BCUT2D eigenvalue weighted by atomic mass is 19.4. The summed E-state index contributed by atoms with van der Waals surface area (Å²) in [4.78, 5) is 15.0. The highest BCUT2D eigenvalue weighted by Crippen LogP contribution is 2.36. The second-order valence-corrected chi connectivity index (χ2v) is 7.92. The van der Waals surface area contributed by atoms with Crippen LogP contribution in [0.2, 0.25) is 0 Å². The molecular formula is C20H23F3N4O. The first kappa shape index (κ1) is 19.0. The molecule has 0 N–H and O–H groups in total. The van der Waals surface area contributed by atoms with Crippen LogP contribution in [0.3, 0.4) is 0 Å². The van der Waals surface area contributed by atoms with E-state index in [1.165, 1.54) is 24.4 Å². The normalized spacial score (nSPS) is 22.9. The Morgan fingerprint density at radius 3 is 2.29 bits per heavy atom. The van der Waals surface area contributed by atoms with Crippen molar-refractivity contribution in [2.75, 3.05) is 0 Å². The number of aromatic nitrogens is 3. The van der Waals surface area contributed by atoms with Crippen LogP contribution in [0, 0.1) is 5.92 Å². The fourth-order valence-electron chi connectivity index (χ4n) is 4.03. The van der Waals surface area contributed by atoms with Gasteiger partial charge in [-0.25, -0.2) is 4.68 Å². The summed E-state index contributed by atoms with van der Waals surface area (Å²) >= 11 is 0. The Labute approximate surface area is 161 Å². The number of para-hydroxylation sites is 1. The van der Waals surface area contributed by atoms with Gasteiger partial charge in [0.1, 0.15) is 0 Å². The van der Waals surface area contributed by atoms with Crippen LogP contribution < -0.4 is 0 Å². The second kappa shape index (κ2) is 7.22. The first-order chi connectivity index (χ1) is 13.3. The molecule has 0 saturated heterocycles. The summed E-state index contributed by atoms with van der Waals surface area (Å²) in [5.41, 5.74) is -0.840. The van der Waals surface area contributed by atoms with E-state index in [0.717, 1.165) is 49.3 Å². The molecule has 28 heavy (non-hydrogen) atoms. The summed E-state index contributed by atoms with van der Waals surface area (Å²) in [6, 6.07) is 5.56. The van der Waals surface area contributed by atoms with E-state index in [4.69, 9.17) is 0 Å². The molecule has 5 nitrogen and oxygen atoms in total. The highest BCUT2D eigenvalue weighted by molar-refractivity contribution is 5.92. The minimum atomic E-state index is -4.51. The van der Waals surface area contributed by atoms with Gasteiger partial charge in [-0.15, -0.1) is 5.10 Å². The summed E-state index contributed by atoms with van der Waals surface area (Å²) in [5, 5.41) is 7.73. The standard InChI is InChI=1S/C20H23F3N4O/c1-13-6-8-14(9-7-13)27(15-10-11-15)19(28)17-12-26(25-24-17)18-5-3-2-4-16(18)20(21,22)23/h2-5,12-15H,6-11H2,1H3. The lowest BCUT2D eigenvalue weighted by Gasteiger charge is -2.36. The predicted molar refractivity (Wildman–Crippen MR) is 97.0 cm³/mol. The molecule has 0 radical (unpaired) electrons. The van der Waals surface area contributed by atoms with Gasteiger partial charge in [-0.05, 0) is 56.6 Å². The van der Waals surface area contributed by atoms with Gasteiger partial charge in [0.2, 0.25) is 0 Å². The molecule has 2 saturated carbocycles. The Kier molecular flexibility index (Phi) is 4.89. The maximum atomic E-state index is 13.3. The Balaban J connectivity index is 1.59. The van der Waals surface area contributed by atoms with Gasteiger partial charge in [0.25, 0.3) is 5.91 Å². The zero-order valence-corrected chi connectivity index (χ0v) is 15.7. The Bertz CT molecular complexity index is 851. The largest absolute Gasteiger partial charge is 0.418 e. The van der Waals surface area contributed by atoms with Crippen molar-refractivity contribution in [3.63, 3.8) is 0 Å². The molecule has 0 aliphatic heterocycles. The van der Waals surface area contributed by atoms with Crippen LogP contribution in [0.4, 0.5) is 13.2 Å². The average molecular weight is 392 g/mol. The number of halogens is 3. The molecule has 2 fully saturated rings. The third kappa shape index (κ3) is 3.77. The zero-order chi connectivity index (χ0) is 19.9. The molecule has 2 aliphatic carbocycles. The molecule has 150 valence electrons. The van der Waals surface area contributed by atoms with Crippen LogP contribution in [-0.4, -0.2) is 37.9 Å². The Hall–Kier alpha value is -2.38. The van der Waals surface area contributed by atoms with Crippen LogP contribution >= 0.6 is 0 Å². The Morgan fingerprint density at radius 1 is 1.07 bits per heavy atom. The van der Waals surface area contributed by atoms with Crippen molar-refractivity contribution in [1.29, 1.82) is 0 Å². The highest BCUT2D eigenvalue weighted by Gasteiger charge is 2.40. The first-order valence-corrected chi connectivity index (χ1v) is 9.76. The number of nitrogens with zero attached hydrogens (tertiary/aromatic N) is 4. The minimum absolute atomic E-state index is 0.0995. The van der Waals surface area contributed by atoms with Gasteiger partial charge in [-0.1, -0.05) is 24.3 Å². The van der Waals surface area contributed by atoms with E-state index in [1.54, 1.807) is 0 Å². The van der Waals surface area contributed by atoms with Gasteiger partial charge in [-0.2, -0.15) is 13.2 Å². The summed E-state index contributed by atoms with van der Waals surface area (Å²) in [6.07, 6.45) is 2.87. The summed E-state index contributed by atoms with van der Waals surface area (Å²) < 4.78 is 40.9. The molecule has 0 spiro atoms. The van der Waals surface area contributed by atoms with E-state index in [1.807, 2.05) is 4.90 Å². The van der Waals surface area contributed by atoms with Crippen LogP contribution in [0.25, 0.3) is 5.69 Å². The molecule has 1 heterocycles. The van der Waals surface area contributed by atoms with E-state index in [0.29, 0.717) is 5.92 Å². The molecule has 0 bridgehead atoms. The maximum Gasteiger partial charge on any atom is 0.418 e. The van der Waals surface area contributed by atoms with Crippen molar-refractivity contribution in [3.05, 3.63) is 41.7 Å². The molecule has 1 aromatic heterocycles. The molecule has 0 unspecified atom stereocenters. The summed E-state index contributed by atoms with van der Waals surface area (Å²) in [7, 11) is 0. The second-order valence-electron chi connectivity index (χ2n) is 7.92. The van der Waals surface area contributed by atoms with E-state index < -0.39 is 11.7 Å². The van der Waals surface area contributed by atoms with E-state index in [9.17, 15) is 18.0 Å². The molecule has 4 rings (SSSR count). The van der Waals surface area contributed by atoms with Crippen molar-refractivity contribution < 1.29 is 18.0 Å². The maximum absolute atomic E-state index is 13.3. The van der Waals surface area contributed by atoms with Gasteiger partial charge in [0.15, 0.2) is 5.69 Å². The number of carbonyl (C=O) groups is 1. The van der Waals surface area contributed by atoms with Crippen LogP contribution in [-0.2, 0) is 6.18 Å². The topological polar surface area (TPSA) is 51.0 Å². The molecule has 1 amide bonds. The lowest BCUT2D eigenvalue weighted by Crippen LogP contribution is -2.43. The molecule has 2 aliphatic rings. The minimum Gasteiger partial charge on any atom is -0.331 e. The van der Waals surface area contributed by atoms with Gasteiger partial charge < -0.3 is 4.90 Å². The number of rotatable bonds is 4. The van der Waals surface area contributed by atoms with Crippen LogP contribution in [0.5, 0.6) is 0 Å². The fourth-order valence-corrected chi connectivity index (χ4v) is 4.03. The predicted octanol–water partition coefficient (Wildman–Crippen LogP) is 4.47. The fraction of sp³-hybridized carbons (Fsp3) is 0.550. The number of amides is 1. The zero-order valence-electron chi connectivity index (χ0n) is 15.7. The van der Waals surface area contributed by atoms with Gasteiger partial charge in [0, 0.05) is 12.1 Å². The average Bonchev–Trinajstić information content (AvgIpc) is 3.37. The molecule has 8 heteroatoms. The van der Waals surface area contributed by atoms with E-state index in [-0.39, 0.29) is 29.4 Å². The smallest absolute Gasteiger partial charge is 0.331 e. The van der Waals surface area contributed by atoms with E-state index >= 15 is 0 Å². The number of alkyl halides is 3. The summed E-state index contributed by atoms with van der Waals surface area (Å²) in [6.45, 7) is 2.23. The Morgan fingerprint density at radius 2 is 1.68 bits per heavy atom. The van der Waals surface area contributed by atoms with Gasteiger partial charge in [-0.3, -0.25) is 4.79 Å². The number of hydrogen-bond acceptors (Lipinski definition) is 3. The van der Waals surface area contributed by atoms with Crippen LogP contribution in [0.15, 0.2) is 30.5 Å². The van der Waals surface area contributed by atoms with Crippen LogP contribution in [0.1, 0.15) is 61.5 Å². The van der Waals surface area contributed by atoms with Gasteiger partial charge in [0.05, 0.1) is 17.4 Å². The third-order valence-electron chi connectivity index (χ3n) is 5.72. The van der Waals surface area contributed by atoms with Crippen molar-refractivity contribution >= 4 is 5.91 Å². The number of carbonyl (C=O) groups excluding carboxylic acids is 1. The molecule has 2 aromatic rings. The number of benzene rings is 1. The summed E-state index contributed by atoms with van der Waals surface area (Å²) in [5.74, 6) is 0.449. The van der Waals surface area contributed by atoms with Crippen molar-refractivity contribution in [2.24, 2.45) is 5.92 Å². The van der Waals surface area contributed by atoms with Crippen molar-refractivity contribution in [1.82, 2.24) is 19.9 Å². The van der Waals surface area contributed by atoms with Gasteiger partial charge >= 0.3 is 6.18 Å². The monoisotopic (exact) mass is 392 g/mol. The molecular weight excluding hydrogens is 369 g/mol. The lowest BCUT2D eigenvalue weighted by atomic mass is 9.86. The molecule has 0 atom stereocenters. The van der Waals surface area contributed by atoms with Crippen molar-refractivity contribution in [3.8, 4) is 5.69 Å². The first-order valence-electron chi connectivity index (χ1n) is 9.76. The third-order valence-corrected chi connectivity index (χ3v) is 5.72. The quantitative estimate of drug-likeness (QED) is 0.771. The van der Waals surface area contributed by atoms with E-state index in [2.05, 4.69) is 17.2 Å². The molecule has 1 aromatic carbocycles. The lowest BCUT2D eigenvalue weighted by molar-refractivity contribution is -0.137. The SMILES string of the molecule is CC1CCC(N(C(=O)c2cn(-c3ccccc3C(F)(F)F)nn2)C2CC2)CC1. The number of hydrogen-bond donors (Lipinski definition) is 0. The van der Waals surface area contributed by atoms with Crippen molar-refractivity contribution in [2.45, 2.75) is 63.7 Å².